The molecule has 1 N–H and O–H groups in total. The highest BCUT2D eigenvalue weighted by Gasteiger charge is 2.28. The van der Waals surface area contributed by atoms with E-state index in [4.69, 9.17) is 4.42 Å². The van der Waals surface area contributed by atoms with Crippen molar-refractivity contribution in [2.75, 3.05) is 0 Å². The summed E-state index contributed by atoms with van der Waals surface area (Å²) in [6.45, 7) is 3.50. The molecule has 1 atom stereocenters. The van der Waals surface area contributed by atoms with Crippen LogP contribution in [0.5, 0.6) is 0 Å². The average Bonchev–Trinajstić information content (AvgIpc) is 3.26. The first-order valence-electron chi connectivity index (χ1n) is 9.34. The van der Waals surface area contributed by atoms with Crippen LogP contribution in [0.4, 0.5) is 0 Å². The van der Waals surface area contributed by atoms with E-state index in [-0.39, 0.29) is 0 Å². The Morgan fingerprint density at radius 3 is 2.38 bits per heavy atom. The van der Waals surface area contributed by atoms with E-state index in [0.717, 1.165) is 16.5 Å². The summed E-state index contributed by atoms with van der Waals surface area (Å²) in [6, 6.07) is 18.4. The van der Waals surface area contributed by atoms with E-state index >= 15 is 0 Å². The second-order valence-corrected chi connectivity index (χ2v) is 7.00. The zero-order valence-corrected chi connectivity index (χ0v) is 16.5. The lowest BCUT2D eigenvalue weighted by atomic mass is 10.0. The maximum absolute atomic E-state index is 12.9. The fourth-order valence-corrected chi connectivity index (χ4v) is 3.52. The zero-order chi connectivity index (χ0) is 20.5. The van der Waals surface area contributed by atoms with Crippen molar-refractivity contribution in [3.63, 3.8) is 0 Å². The number of aryl methyl sites for hydroxylation is 2. The molecule has 2 aromatic heterocycles. The first-order chi connectivity index (χ1) is 14.0. The Morgan fingerprint density at radius 1 is 1.03 bits per heavy atom. The molecule has 1 unspecified atom stereocenters. The van der Waals surface area contributed by atoms with Gasteiger partial charge in [0.1, 0.15) is 17.4 Å². The molecule has 0 saturated heterocycles. The van der Waals surface area contributed by atoms with E-state index in [0.29, 0.717) is 22.7 Å². The standard InChI is InChI=1S/C23H21N3O3/c1-14-20(15(2)26(3)25-14)22(27)23(28)24-21(16-9-5-4-6-10-16)19-13-17-11-7-8-12-18(17)29-19/h4-13,21H,1-3H3,(H,24,28). The van der Waals surface area contributed by atoms with Crippen LogP contribution in [0.25, 0.3) is 11.0 Å². The Labute approximate surface area is 168 Å². The molecule has 1 amide bonds. The van der Waals surface area contributed by atoms with Crippen LogP contribution in [-0.2, 0) is 11.8 Å². The predicted molar refractivity (Wildman–Crippen MR) is 110 cm³/mol. The third kappa shape index (κ3) is 3.45. The van der Waals surface area contributed by atoms with Gasteiger partial charge in [-0.25, -0.2) is 0 Å². The van der Waals surface area contributed by atoms with Crippen LogP contribution in [0.15, 0.2) is 65.1 Å². The minimum Gasteiger partial charge on any atom is -0.459 e. The number of hydrogen-bond acceptors (Lipinski definition) is 4. The molecule has 4 rings (SSSR count). The fraction of sp³-hybridized carbons (Fsp3) is 0.174. The molecule has 0 fully saturated rings. The molecule has 6 heteroatoms. The second-order valence-electron chi connectivity index (χ2n) is 7.00. The zero-order valence-electron chi connectivity index (χ0n) is 16.5. The van der Waals surface area contributed by atoms with Crippen molar-refractivity contribution in [1.29, 1.82) is 0 Å². The van der Waals surface area contributed by atoms with Gasteiger partial charge in [0.2, 0.25) is 0 Å². The van der Waals surface area contributed by atoms with Gasteiger partial charge in [0, 0.05) is 18.1 Å². The summed E-state index contributed by atoms with van der Waals surface area (Å²) in [5.41, 5.74) is 3.07. The minimum atomic E-state index is -0.696. The van der Waals surface area contributed by atoms with Crippen LogP contribution in [0.2, 0.25) is 0 Å². The van der Waals surface area contributed by atoms with E-state index < -0.39 is 17.7 Å². The van der Waals surface area contributed by atoms with Gasteiger partial charge >= 0.3 is 0 Å². The smallest absolute Gasteiger partial charge is 0.293 e. The highest BCUT2D eigenvalue weighted by atomic mass is 16.3. The summed E-state index contributed by atoms with van der Waals surface area (Å²) in [6.07, 6.45) is 0. The average molecular weight is 387 g/mol. The molecule has 0 aliphatic heterocycles. The molecule has 0 aliphatic rings. The topological polar surface area (TPSA) is 77.1 Å². The molecule has 146 valence electrons. The Hall–Kier alpha value is -3.67. The van der Waals surface area contributed by atoms with E-state index in [1.54, 1.807) is 25.6 Å². The number of fused-ring (bicyclic) bond motifs is 1. The number of Topliss-reactive ketones (excluding diaryl/α,β-unsaturated/α-hetero) is 1. The van der Waals surface area contributed by atoms with Crippen LogP contribution in [0.1, 0.15) is 39.1 Å². The number of amides is 1. The second kappa shape index (κ2) is 7.39. The van der Waals surface area contributed by atoms with Crippen LogP contribution >= 0.6 is 0 Å². The highest BCUT2D eigenvalue weighted by molar-refractivity contribution is 6.43. The summed E-state index contributed by atoms with van der Waals surface area (Å²) in [5.74, 6) is -0.734. The van der Waals surface area contributed by atoms with Crippen LogP contribution in [-0.4, -0.2) is 21.5 Å². The maximum atomic E-state index is 12.9. The third-order valence-electron chi connectivity index (χ3n) is 5.08. The lowest BCUT2D eigenvalue weighted by molar-refractivity contribution is -0.117. The van der Waals surface area contributed by atoms with Crippen molar-refractivity contribution in [3.05, 3.63) is 88.9 Å². The fourth-order valence-electron chi connectivity index (χ4n) is 3.52. The molecular weight excluding hydrogens is 366 g/mol. The van der Waals surface area contributed by atoms with Crippen molar-refractivity contribution < 1.29 is 14.0 Å². The lowest BCUT2D eigenvalue weighted by Gasteiger charge is -2.17. The van der Waals surface area contributed by atoms with Crippen molar-refractivity contribution in [2.45, 2.75) is 19.9 Å². The largest absolute Gasteiger partial charge is 0.459 e. The Morgan fingerprint density at radius 2 is 1.72 bits per heavy atom. The number of nitrogens with one attached hydrogen (secondary N) is 1. The molecule has 0 saturated carbocycles. The molecule has 0 spiro atoms. The van der Waals surface area contributed by atoms with Gasteiger partial charge in [0.15, 0.2) is 0 Å². The van der Waals surface area contributed by atoms with Gasteiger partial charge in [-0.05, 0) is 31.5 Å². The maximum Gasteiger partial charge on any atom is 0.293 e. The number of furan rings is 1. The molecule has 4 aromatic rings. The molecular formula is C23H21N3O3. The van der Waals surface area contributed by atoms with Crippen LogP contribution in [0, 0.1) is 13.8 Å². The van der Waals surface area contributed by atoms with Gasteiger partial charge in [-0.15, -0.1) is 0 Å². The normalized spacial score (nSPS) is 12.1. The summed E-state index contributed by atoms with van der Waals surface area (Å²) in [5, 5.41) is 8.02. The Bertz CT molecular complexity index is 1170. The minimum absolute atomic E-state index is 0.335. The predicted octanol–water partition coefficient (Wildman–Crippen LogP) is 3.87. The summed E-state index contributed by atoms with van der Waals surface area (Å²) in [4.78, 5) is 25.8. The molecule has 29 heavy (non-hydrogen) atoms. The van der Waals surface area contributed by atoms with Gasteiger partial charge < -0.3 is 9.73 Å². The number of nitrogens with zero attached hydrogens (tertiary/aromatic N) is 2. The first kappa shape index (κ1) is 18.7. The number of para-hydroxylation sites is 1. The Kier molecular flexibility index (Phi) is 4.76. The van der Waals surface area contributed by atoms with Crippen molar-refractivity contribution >= 4 is 22.7 Å². The number of ketones is 1. The molecule has 0 radical (unpaired) electrons. The van der Waals surface area contributed by atoms with Crippen molar-refractivity contribution in [3.8, 4) is 0 Å². The van der Waals surface area contributed by atoms with Gasteiger partial charge in [-0.2, -0.15) is 5.10 Å². The van der Waals surface area contributed by atoms with Crippen LogP contribution in [0.3, 0.4) is 0 Å². The number of benzene rings is 2. The molecule has 2 aromatic carbocycles. The Balaban J connectivity index is 1.70. The molecule has 0 bridgehead atoms. The summed E-state index contributed by atoms with van der Waals surface area (Å²) < 4.78 is 7.58. The van der Waals surface area contributed by atoms with Crippen molar-refractivity contribution in [1.82, 2.24) is 15.1 Å². The number of carbonyl (C=O) groups excluding carboxylic acids is 2. The van der Waals surface area contributed by atoms with Gasteiger partial charge in [-0.1, -0.05) is 48.5 Å². The van der Waals surface area contributed by atoms with E-state index in [9.17, 15) is 9.59 Å². The highest BCUT2D eigenvalue weighted by Crippen LogP contribution is 2.28. The van der Waals surface area contributed by atoms with Crippen LogP contribution < -0.4 is 5.32 Å². The molecule has 6 nitrogen and oxygen atoms in total. The number of carbonyl (C=O) groups is 2. The SMILES string of the molecule is Cc1nn(C)c(C)c1C(=O)C(=O)NC(c1ccccc1)c1cc2ccccc2o1. The molecule has 0 aliphatic carbocycles. The van der Waals surface area contributed by atoms with Crippen molar-refractivity contribution in [2.24, 2.45) is 7.05 Å². The number of aromatic nitrogens is 2. The van der Waals surface area contributed by atoms with Gasteiger partial charge in [-0.3, -0.25) is 14.3 Å². The quantitative estimate of drug-likeness (QED) is 0.417. The van der Waals surface area contributed by atoms with E-state index in [1.165, 1.54) is 0 Å². The molecule has 2 heterocycles. The summed E-state index contributed by atoms with van der Waals surface area (Å²) >= 11 is 0. The third-order valence-corrected chi connectivity index (χ3v) is 5.08. The first-order valence-corrected chi connectivity index (χ1v) is 9.34. The summed E-state index contributed by atoms with van der Waals surface area (Å²) in [7, 11) is 1.75. The van der Waals surface area contributed by atoms with E-state index in [1.807, 2.05) is 60.7 Å². The van der Waals surface area contributed by atoms with Gasteiger partial charge in [0.25, 0.3) is 11.7 Å². The number of hydrogen-bond donors (Lipinski definition) is 1. The van der Waals surface area contributed by atoms with E-state index in [2.05, 4.69) is 10.4 Å². The lowest BCUT2D eigenvalue weighted by Crippen LogP contribution is -2.35. The van der Waals surface area contributed by atoms with Gasteiger partial charge in [0.05, 0.1) is 11.3 Å². The monoisotopic (exact) mass is 387 g/mol. The number of rotatable bonds is 5.